The highest BCUT2D eigenvalue weighted by Crippen LogP contribution is 2.10. The van der Waals surface area contributed by atoms with Gasteiger partial charge in [0.25, 0.3) is 0 Å². The van der Waals surface area contributed by atoms with E-state index in [9.17, 15) is 5.11 Å². The van der Waals surface area contributed by atoms with Crippen molar-refractivity contribution in [3.8, 4) is 0 Å². The molecule has 0 aliphatic carbocycles. The Morgan fingerprint density at radius 3 is 1.26 bits per heavy atom. The van der Waals surface area contributed by atoms with Crippen molar-refractivity contribution < 1.29 is 14.6 Å². The Kier molecular flexibility index (Phi) is 36.8. The largest absolute Gasteiger partial charge is 0.394 e. The lowest BCUT2D eigenvalue weighted by molar-refractivity contribution is -0.0437. The van der Waals surface area contributed by atoms with Crippen LogP contribution in [0, 0.1) is 0 Å². The van der Waals surface area contributed by atoms with Gasteiger partial charge in [-0.25, -0.2) is 0 Å². The van der Waals surface area contributed by atoms with E-state index in [4.69, 9.17) is 9.47 Å². The van der Waals surface area contributed by atoms with Gasteiger partial charge in [0.05, 0.1) is 13.2 Å². The summed E-state index contributed by atoms with van der Waals surface area (Å²) in [6, 6.07) is 0. The second-order valence-electron chi connectivity index (χ2n) is 11.9. The average molecular weight is 589 g/mol. The number of rotatable bonds is 34. The minimum atomic E-state index is -0.174. The third-order valence-electron chi connectivity index (χ3n) is 7.70. The molecule has 246 valence electrons. The average Bonchev–Trinajstić information content (AvgIpc) is 3.00. The Morgan fingerprint density at radius 1 is 0.452 bits per heavy atom. The SMILES string of the molecule is CCCCC/C=C\C/C=C\CCCCCCCCOC[C@H](CO)OCCCCCCCC/C=C\C/C=C\CCCCC. The third-order valence-corrected chi connectivity index (χ3v) is 7.70. The van der Waals surface area contributed by atoms with Crippen molar-refractivity contribution in [3.63, 3.8) is 0 Å². The Labute approximate surface area is 263 Å². The smallest absolute Gasteiger partial charge is 0.104 e. The van der Waals surface area contributed by atoms with Crippen LogP contribution >= 0.6 is 0 Å². The van der Waals surface area contributed by atoms with Crippen molar-refractivity contribution in [1.29, 1.82) is 0 Å². The van der Waals surface area contributed by atoms with Crippen molar-refractivity contribution in [2.24, 2.45) is 0 Å². The van der Waals surface area contributed by atoms with Crippen LogP contribution in [0.2, 0.25) is 0 Å². The molecule has 0 rings (SSSR count). The van der Waals surface area contributed by atoms with Crippen LogP contribution in [0.5, 0.6) is 0 Å². The van der Waals surface area contributed by atoms with Gasteiger partial charge in [0.15, 0.2) is 0 Å². The Hall–Kier alpha value is -1.16. The molecule has 3 heteroatoms. The van der Waals surface area contributed by atoms with E-state index < -0.39 is 0 Å². The lowest BCUT2D eigenvalue weighted by atomic mass is 10.1. The maximum absolute atomic E-state index is 9.58. The van der Waals surface area contributed by atoms with Crippen LogP contribution in [0.3, 0.4) is 0 Å². The highest BCUT2D eigenvalue weighted by Gasteiger charge is 2.07. The number of aliphatic hydroxyl groups excluding tert-OH is 1. The highest BCUT2D eigenvalue weighted by atomic mass is 16.5. The first-order valence-electron chi connectivity index (χ1n) is 18.2. The van der Waals surface area contributed by atoms with Crippen molar-refractivity contribution in [3.05, 3.63) is 48.6 Å². The van der Waals surface area contributed by atoms with Crippen LogP contribution in [-0.2, 0) is 9.47 Å². The van der Waals surface area contributed by atoms with Gasteiger partial charge in [-0.2, -0.15) is 0 Å². The first-order valence-corrected chi connectivity index (χ1v) is 18.2. The summed E-state index contributed by atoms with van der Waals surface area (Å²) in [5.74, 6) is 0. The zero-order chi connectivity index (χ0) is 30.4. The van der Waals surface area contributed by atoms with Gasteiger partial charge in [0.1, 0.15) is 6.10 Å². The summed E-state index contributed by atoms with van der Waals surface area (Å²) in [5.41, 5.74) is 0. The fourth-order valence-corrected chi connectivity index (χ4v) is 4.90. The fourth-order valence-electron chi connectivity index (χ4n) is 4.90. The molecule has 0 aromatic rings. The molecular weight excluding hydrogens is 516 g/mol. The molecule has 0 aromatic heterocycles. The minimum Gasteiger partial charge on any atom is -0.394 e. The summed E-state index contributed by atoms with van der Waals surface area (Å²) in [6.45, 7) is 6.58. The van der Waals surface area contributed by atoms with Crippen LogP contribution in [0.15, 0.2) is 48.6 Å². The molecular formula is C39H72O3. The van der Waals surface area contributed by atoms with Crippen LogP contribution in [-0.4, -0.2) is 37.6 Å². The lowest BCUT2D eigenvalue weighted by Gasteiger charge is -2.15. The molecule has 1 N–H and O–H groups in total. The molecule has 0 saturated carbocycles. The third kappa shape index (κ3) is 35.0. The van der Waals surface area contributed by atoms with Gasteiger partial charge in [0.2, 0.25) is 0 Å². The van der Waals surface area contributed by atoms with Gasteiger partial charge in [0, 0.05) is 13.2 Å². The maximum atomic E-state index is 9.58. The Balaban J connectivity index is 3.38. The van der Waals surface area contributed by atoms with Gasteiger partial charge >= 0.3 is 0 Å². The van der Waals surface area contributed by atoms with Crippen molar-refractivity contribution in [2.45, 2.75) is 174 Å². The first kappa shape index (κ1) is 40.8. The highest BCUT2D eigenvalue weighted by molar-refractivity contribution is 4.93. The van der Waals surface area contributed by atoms with E-state index in [1.165, 1.54) is 128 Å². The monoisotopic (exact) mass is 589 g/mol. The Bertz CT molecular complexity index is 607. The van der Waals surface area contributed by atoms with Crippen LogP contribution in [0.4, 0.5) is 0 Å². The minimum absolute atomic E-state index is 0.0475. The van der Waals surface area contributed by atoms with Crippen molar-refractivity contribution in [1.82, 2.24) is 0 Å². The van der Waals surface area contributed by atoms with Crippen molar-refractivity contribution in [2.75, 3.05) is 26.4 Å². The van der Waals surface area contributed by atoms with Crippen LogP contribution in [0.1, 0.15) is 168 Å². The quantitative estimate of drug-likeness (QED) is 0.0600. The second-order valence-corrected chi connectivity index (χ2v) is 11.9. The van der Waals surface area contributed by atoms with Gasteiger partial charge in [-0.05, 0) is 77.0 Å². The molecule has 0 fully saturated rings. The molecule has 0 radical (unpaired) electrons. The van der Waals surface area contributed by atoms with E-state index in [0.29, 0.717) is 6.61 Å². The second kappa shape index (κ2) is 37.9. The van der Waals surface area contributed by atoms with E-state index in [2.05, 4.69) is 62.5 Å². The lowest BCUT2D eigenvalue weighted by Crippen LogP contribution is -2.24. The summed E-state index contributed by atoms with van der Waals surface area (Å²) >= 11 is 0. The van der Waals surface area contributed by atoms with Crippen LogP contribution in [0.25, 0.3) is 0 Å². The predicted molar refractivity (Wildman–Crippen MR) is 186 cm³/mol. The topological polar surface area (TPSA) is 38.7 Å². The van der Waals surface area contributed by atoms with Crippen LogP contribution < -0.4 is 0 Å². The molecule has 0 heterocycles. The van der Waals surface area contributed by atoms with Gasteiger partial charge in [-0.15, -0.1) is 0 Å². The Morgan fingerprint density at radius 2 is 0.833 bits per heavy atom. The summed E-state index contributed by atoms with van der Waals surface area (Å²) in [5, 5.41) is 9.58. The summed E-state index contributed by atoms with van der Waals surface area (Å²) in [4.78, 5) is 0. The van der Waals surface area contributed by atoms with Crippen molar-refractivity contribution >= 4 is 0 Å². The molecule has 0 bridgehead atoms. The summed E-state index contributed by atoms with van der Waals surface area (Å²) < 4.78 is 11.6. The molecule has 0 amide bonds. The van der Waals surface area contributed by atoms with E-state index in [1.54, 1.807) is 0 Å². The molecule has 0 unspecified atom stereocenters. The predicted octanol–water partition coefficient (Wildman–Crippen LogP) is 12.0. The zero-order valence-corrected chi connectivity index (χ0v) is 28.3. The molecule has 3 nitrogen and oxygen atoms in total. The molecule has 0 saturated heterocycles. The number of hydrogen-bond donors (Lipinski definition) is 1. The first-order chi connectivity index (χ1) is 20.8. The molecule has 0 aliphatic rings. The van der Waals surface area contributed by atoms with E-state index >= 15 is 0 Å². The van der Waals surface area contributed by atoms with E-state index in [1.807, 2.05) is 0 Å². The molecule has 0 aromatic carbocycles. The summed E-state index contributed by atoms with van der Waals surface area (Å²) in [6.07, 6.45) is 48.5. The zero-order valence-electron chi connectivity index (χ0n) is 28.3. The maximum Gasteiger partial charge on any atom is 0.104 e. The van der Waals surface area contributed by atoms with Gasteiger partial charge < -0.3 is 14.6 Å². The molecule has 0 spiro atoms. The summed E-state index contributed by atoms with van der Waals surface area (Å²) in [7, 11) is 0. The fraction of sp³-hybridized carbons (Fsp3) is 0.795. The van der Waals surface area contributed by atoms with Gasteiger partial charge in [-0.3, -0.25) is 0 Å². The number of ether oxygens (including phenoxy) is 2. The number of allylic oxidation sites excluding steroid dienone is 8. The normalized spacial score (nSPS) is 13.1. The van der Waals surface area contributed by atoms with E-state index in [-0.39, 0.29) is 12.7 Å². The molecule has 42 heavy (non-hydrogen) atoms. The number of hydrogen-bond acceptors (Lipinski definition) is 3. The number of aliphatic hydroxyl groups is 1. The van der Waals surface area contributed by atoms with E-state index in [0.717, 1.165) is 38.9 Å². The van der Waals surface area contributed by atoms with Gasteiger partial charge in [-0.1, -0.05) is 140 Å². The number of unbranched alkanes of at least 4 members (excludes halogenated alkanes) is 18. The molecule has 0 aliphatic heterocycles. The molecule has 1 atom stereocenters. The standard InChI is InChI=1S/C39H72O3/c1-3-5-7-9-11-13-15-17-19-21-23-25-27-29-31-33-35-41-38-39(37-40)42-36-34-32-30-28-26-24-22-20-18-16-14-12-10-8-6-4-2/h11-14,17-20,39-40H,3-10,15-16,21-38H2,1-2H3/b13-11-,14-12-,19-17-,20-18-/t39-/m0/s1.